The van der Waals surface area contributed by atoms with E-state index in [1.54, 1.807) is 7.05 Å². The van der Waals surface area contributed by atoms with Gasteiger partial charge >= 0.3 is 0 Å². The van der Waals surface area contributed by atoms with Crippen molar-refractivity contribution in [2.24, 2.45) is 4.99 Å². The lowest BCUT2D eigenvalue weighted by atomic mass is 10.0. The molecule has 1 aromatic rings. The normalized spacial score (nSPS) is 16.5. The van der Waals surface area contributed by atoms with Crippen LogP contribution in [0.2, 0.25) is 0 Å². The van der Waals surface area contributed by atoms with Crippen LogP contribution < -0.4 is 15.4 Å². The minimum Gasteiger partial charge on any atom is -0.491 e. The van der Waals surface area contributed by atoms with Gasteiger partial charge in [-0.25, -0.2) is 0 Å². The number of nitrogens with zero attached hydrogens (tertiary/aromatic N) is 2. The molecule has 176 valence electrons. The van der Waals surface area contributed by atoms with Crippen LogP contribution in [-0.2, 0) is 16.1 Å². The Balaban J connectivity index is 0.00000480. The molecule has 0 saturated carbocycles. The van der Waals surface area contributed by atoms with Gasteiger partial charge in [0.15, 0.2) is 5.96 Å². The number of aliphatic imine (C=N–C) groups is 1. The molecule has 0 bridgehead atoms. The molecule has 1 aliphatic heterocycles. The van der Waals surface area contributed by atoms with Crippen molar-refractivity contribution in [1.82, 2.24) is 15.5 Å². The number of rotatable bonds is 10. The Morgan fingerprint density at radius 1 is 1.26 bits per heavy atom. The summed E-state index contributed by atoms with van der Waals surface area (Å²) < 4.78 is 11.3. The molecule has 2 rings (SSSR count). The van der Waals surface area contributed by atoms with E-state index < -0.39 is 0 Å². The van der Waals surface area contributed by atoms with E-state index in [1.807, 2.05) is 24.8 Å². The lowest BCUT2D eigenvalue weighted by molar-refractivity contribution is -0.134. The third kappa shape index (κ3) is 9.64. The summed E-state index contributed by atoms with van der Waals surface area (Å²) in [6.45, 7) is 9.97. The second kappa shape index (κ2) is 15.3. The minimum absolute atomic E-state index is 0. The lowest BCUT2D eigenvalue weighted by Gasteiger charge is -2.33. The maximum atomic E-state index is 12.5. The fraction of sp³-hybridized carbons (Fsp3) is 0.652. The Morgan fingerprint density at radius 2 is 2.06 bits per heavy atom. The van der Waals surface area contributed by atoms with Crippen molar-refractivity contribution < 1.29 is 14.3 Å². The topological polar surface area (TPSA) is 75.2 Å². The van der Waals surface area contributed by atoms with Crippen molar-refractivity contribution in [3.05, 3.63) is 29.3 Å². The molecule has 1 saturated heterocycles. The maximum Gasteiger partial charge on any atom is 0.224 e. The number of guanidine groups is 1. The van der Waals surface area contributed by atoms with E-state index in [-0.39, 0.29) is 29.9 Å². The molecule has 1 aromatic carbocycles. The predicted octanol–water partition coefficient (Wildman–Crippen LogP) is 3.48. The highest BCUT2D eigenvalue weighted by Gasteiger charge is 2.22. The third-order valence-electron chi connectivity index (χ3n) is 5.34. The molecular formula is C23H39IN4O3. The second-order valence-electron chi connectivity index (χ2n) is 7.69. The number of amides is 1. The molecule has 1 amide bonds. The summed E-state index contributed by atoms with van der Waals surface area (Å²) in [6.07, 6.45) is 3.91. The summed E-state index contributed by atoms with van der Waals surface area (Å²) in [5, 5.41) is 6.56. The van der Waals surface area contributed by atoms with Crippen LogP contribution >= 0.6 is 24.0 Å². The van der Waals surface area contributed by atoms with Gasteiger partial charge in [-0.05, 0) is 51.7 Å². The van der Waals surface area contributed by atoms with Gasteiger partial charge in [-0.15, -0.1) is 24.0 Å². The Bertz CT molecular complexity index is 699. The number of piperidine rings is 1. The molecule has 1 atom stereocenters. The van der Waals surface area contributed by atoms with E-state index in [4.69, 9.17) is 9.47 Å². The summed E-state index contributed by atoms with van der Waals surface area (Å²) in [5.41, 5.74) is 2.20. The zero-order chi connectivity index (χ0) is 21.8. The molecule has 0 spiro atoms. The number of nitrogens with one attached hydrogen (secondary N) is 2. The van der Waals surface area contributed by atoms with Crippen LogP contribution in [0.4, 0.5) is 0 Å². The number of aryl methyl sites for hydroxylation is 1. The van der Waals surface area contributed by atoms with Gasteiger partial charge in [-0.3, -0.25) is 9.79 Å². The number of carbonyl (C=O) groups excluding carboxylic acids is 1. The Labute approximate surface area is 204 Å². The maximum absolute atomic E-state index is 12.5. The van der Waals surface area contributed by atoms with E-state index in [9.17, 15) is 4.79 Å². The van der Waals surface area contributed by atoms with Crippen molar-refractivity contribution >= 4 is 35.8 Å². The number of carbonyl (C=O) groups is 1. The lowest BCUT2D eigenvalue weighted by Crippen LogP contribution is -2.44. The molecule has 1 aliphatic rings. The standard InChI is InChI=1S/C23H38N4O3.HI/c1-5-29-14-15-30-21-16-18(2)9-10-20(21)17-26-23(24-4)25-12-11-22(28)27-13-7-6-8-19(27)3;/h9-10,16,19H,5-8,11-15,17H2,1-4H3,(H2,24,25,26);1H. The smallest absolute Gasteiger partial charge is 0.224 e. The SMILES string of the molecule is CCOCCOc1cc(C)ccc1CNC(=NC)NCCC(=O)N1CCCCC1C.I. The van der Waals surface area contributed by atoms with Crippen LogP contribution in [-0.4, -0.2) is 62.8 Å². The molecule has 1 unspecified atom stereocenters. The van der Waals surface area contributed by atoms with Crippen LogP contribution in [0.1, 0.15) is 50.7 Å². The summed E-state index contributed by atoms with van der Waals surface area (Å²) in [4.78, 5) is 18.8. The fourth-order valence-electron chi connectivity index (χ4n) is 3.60. The first-order valence-electron chi connectivity index (χ1n) is 11.1. The quantitative estimate of drug-likeness (QED) is 0.204. The number of hydrogen-bond donors (Lipinski definition) is 2. The zero-order valence-electron chi connectivity index (χ0n) is 19.4. The first kappa shape index (κ1) is 27.5. The van der Waals surface area contributed by atoms with Crippen molar-refractivity contribution in [3.8, 4) is 5.75 Å². The van der Waals surface area contributed by atoms with Gasteiger partial charge < -0.3 is 25.0 Å². The number of likely N-dealkylation sites (tertiary alicyclic amines) is 1. The molecule has 2 N–H and O–H groups in total. The van der Waals surface area contributed by atoms with Gasteiger partial charge in [0.25, 0.3) is 0 Å². The van der Waals surface area contributed by atoms with Gasteiger partial charge in [0.1, 0.15) is 12.4 Å². The monoisotopic (exact) mass is 546 g/mol. The average Bonchev–Trinajstić information content (AvgIpc) is 2.74. The van der Waals surface area contributed by atoms with E-state index in [1.165, 1.54) is 6.42 Å². The third-order valence-corrected chi connectivity index (χ3v) is 5.34. The first-order chi connectivity index (χ1) is 14.5. The number of halogens is 1. The van der Waals surface area contributed by atoms with Crippen LogP contribution in [0.25, 0.3) is 0 Å². The van der Waals surface area contributed by atoms with Crippen molar-refractivity contribution in [2.75, 3.05) is 40.0 Å². The van der Waals surface area contributed by atoms with E-state index in [0.29, 0.717) is 51.3 Å². The summed E-state index contributed by atoms with van der Waals surface area (Å²) in [5.74, 6) is 1.75. The molecule has 1 fully saturated rings. The number of hydrogen-bond acceptors (Lipinski definition) is 4. The highest BCUT2D eigenvalue weighted by molar-refractivity contribution is 14.0. The largest absolute Gasteiger partial charge is 0.491 e. The molecule has 8 heteroatoms. The second-order valence-corrected chi connectivity index (χ2v) is 7.69. The average molecular weight is 546 g/mol. The molecule has 0 radical (unpaired) electrons. The molecule has 0 aromatic heterocycles. The first-order valence-corrected chi connectivity index (χ1v) is 11.1. The van der Waals surface area contributed by atoms with Crippen LogP contribution in [0.3, 0.4) is 0 Å². The zero-order valence-corrected chi connectivity index (χ0v) is 21.7. The van der Waals surface area contributed by atoms with Crippen LogP contribution in [0.5, 0.6) is 5.75 Å². The van der Waals surface area contributed by atoms with E-state index >= 15 is 0 Å². The fourth-order valence-corrected chi connectivity index (χ4v) is 3.60. The van der Waals surface area contributed by atoms with Crippen LogP contribution in [0.15, 0.2) is 23.2 Å². The van der Waals surface area contributed by atoms with Crippen molar-refractivity contribution in [3.63, 3.8) is 0 Å². The molecule has 0 aliphatic carbocycles. The van der Waals surface area contributed by atoms with E-state index in [2.05, 4.69) is 34.7 Å². The van der Waals surface area contributed by atoms with Crippen molar-refractivity contribution in [2.45, 2.75) is 59.0 Å². The highest BCUT2D eigenvalue weighted by Crippen LogP contribution is 2.20. The van der Waals surface area contributed by atoms with Gasteiger partial charge in [0.2, 0.25) is 5.91 Å². The minimum atomic E-state index is 0. The predicted molar refractivity (Wildman–Crippen MR) is 136 cm³/mol. The van der Waals surface area contributed by atoms with Crippen molar-refractivity contribution in [1.29, 1.82) is 0 Å². The summed E-state index contributed by atoms with van der Waals surface area (Å²) in [6, 6.07) is 6.53. The Hall–Kier alpha value is -1.55. The Morgan fingerprint density at radius 3 is 2.77 bits per heavy atom. The summed E-state index contributed by atoms with van der Waals surface area (Å²) in [7, 11) is 1.73. The van der Waals surface area contributed by atoms with Gasteiger partial charge in [-0.1, -0.05) is 12.1 Å². The molecule has 31 heavy (non-hydrogen) atoms. The highest BCUT2D eigenvalue weighted by atomic mass is 127. The van der Waals surface area contributed by atoms with Gasteiger partial charge in [-0.2, -0.15) is 0 Å². The van der Waals surface area contributed by atoms with Crippen LogP contribution in [0, 0.1) is 6.92 Å². The molecular weight excluding hydrogens is 507 g/mol. The number of ether oxygens (including phenoxy) is 2. The van der Waals surface area contributed by atoms with Gasteiger partial charge in [0, 0.05) is 51.3 Å². The molecule has 7 nitrogen and oxygen atoms in total. The van der Waals surface area contributed by atoms with E-state index in [0.717, 1.165) is 36.3 Å². The van der Waals surface area contributed by atoms with Gasteiger partial charge in [0.05, 0.1) is 6.61 Å². The summed E-state index contributed by atoms with van der Waals surface area (Å²) >= 11 is 0. The Kier molecular flexibility index (Phi) is 13.6. The number of benzene rings is 1. The molecule has 1 heterocycles.